The molecule has 2 rings (SSSR count). The minimum atomic E-state index is -0.817. The fraction of sp³-hybridized carbons (Fsp3) is 0.316. The van der Waals surface area contributed by atoms with Crippen molar-refractivity contribution in [2.75, 3.05) is 0 Å². The summed E-state index contributed by atoms with van der Waals surface area (Å²) in [5.74, 6) is 0.0241. The van der Waals surface area contributed by atoms with Gasteiger partial charge in [0, 0.05) is 0 Å². The first kappa shape index (κ1) is 16.1. The van der Waals surface area contributed by atoms with Gasteiger partial charge in [-0.15, -0.1) is 0 Å². The monoisotopic (exact) mass is 298 g/mol. The summed E-state index contributed by atoms with van der Waals surface area (Å²) in [6.45, 7) is 8.58. The fourth-order valence-electron chi connectivity index (χ4n) is 2.85. The molecule has 0 amide bonds. The van der Waals surface area contributed by atoms with Crippen LogP contribution in [0.3, 0.4) is 0 Å². The van der Waals surface area contributed by atoms with E-state index in [1.807, 2.05) is 26.0 Å². The number of ether oxygens (including phenoxy) is 1. The topological polar surface area (TPSA) is 46.5 Å². The molecule has 1 N–H and O–H groups in total. The molecule has 0 unspecified atom stereocenters. The minimum absolute atomic E-state index is 0.0407. The Bertz CT molecular complexity index is 659. The van der Waals surface area contributed by atoms with Gasteiger partial charge < -0.3 is 9.84 Å². The highest BCUT2D eigenvalue weighted by atomic mass is 16.5. The highest BCUT2D eigenvalue weighted by Gasteiger charge is 2.09. The quantitative estimate of drug-likeness (QED) is 0.903. The van der Waals surface area contributed by atoms with Crippen molar-refractivity contribution in [2.24, 2.45) is 0 Å². The molecule has 0 bridgehead atoms. The summed E-state index contributed by atoms with van der Waals surface area (Å²) < 4.78 is 5.98. The fourth-order valence-corrected chi connectivity index (χ4v) is 2.85. The molecular formula is C19H22O3. The maximum atomic E-state index is 10.8. The highest BCUT2D eigenvalue weighted by molar-refractivity contribution is 5.70. The van der Waals surface area contributed by atoms with Gasteiger partial charge in [0.25, 0.3) is 0 Å². The van der Waals surface area contributed by atoms with Crippen molar-refractivity contribution in [2.45, 2.75) is 40.7 Å². The summed E-state index contributed by atoms with van der Waals surface area (Å²) in [4.78, 5) is 10.8. The van der Waals surface area contributed by atoms with E-state index < -0.39 is 5.97 Å². The summed E-state index contributed by atoms with van der Waals surface area (Å²) in [7, 11) is 0. The molecule has 0 aromatic heterocycles. The summed E-state index contributed by atoms with van der Waals surface area (Å²) in [6.07, 6.45) is 0.0407. The Morgan fingerprint density at radius 3 is 1.95 bits per heavy atom. The molecule has 3 nitrogen and oxygen atoms in total. The zero-order chi connectivity index (χ0) is 16.3. The van der Waals surface area contributed by atoms with Crippen molar-refractivity contribution in [1.29, 1.82) is 0 Å². The predicted octanol–water partition coefficient (Wildman–Crippen LogP) is 4.13. The molecule has 0 atom stereocenters. The van der Waals surface area contributed by atoms with Gasteiger partial charge in [0.05, 0.1) is 6.42 Å². The van der Waals surface area contributed by atoms with Gasteiger partial charge in [-0.1, -0.05) is 41.5 Å². The van der Waals surface area contributed by atoms with E-state index in [1.54, 1.807) is 0 Å². The zero-order valence-corrected chi connectivity index (χ0v) is 13.6. The SMILES string of the molecule is Cc1cc(C)cc(COc2c(C)cc(CC(=O)O)cc2C)c1. The third-order valence-electron chi connectivity index (χ3n) is 3.54. The van der Waals surface area contributed by atoms with Crippen molar-refractivity contribution in [3.8, 4) is 5.75 Å². The van der Waals surface area contributed by atoms with Crippen LogP contribution in [0.4, 0.5) is 0 Å². The van der Waals surface area contributed by atoms with Crippen LogP contribution in [0, 0.1) is 27.7 Å². The van der Waals surface area contributed by atoms with Crippen LogP contribution in [0.1, 0.15) is 33.4 Å². The van der Waals surface area contributed by atoms with Gasteiger partial charge in [-0.05, 0) is 49.9 Å². The number of carboxylic acid groups (broad SMARTS) is 1. The molecule has 0 fully saturated rings. The summed E-state index contributed by atoms with van der Waals surface area (Å²) in [6, 6.07) is 10.2. The molecule has 22 heavy (non-hydrogen) atoms. The Hall–Kier alpha value is -2.29. The number of benzene rings is 2. The molecular weight excluding hydrogens is 276 g/mol. The van der Waals surface area contributed by atoms with Gasteiger partial charge in [0.2, 0.25) is 0 Å². The van der Waals surface area contributed by atoms with E-state index in [4.69, 9.17) is 9.84 Å². The maximum absolute atomic E-state index is 10.8. The Balaban J connectivity index is 2.17. The van der Waals surface area contributed by atoms with Gasteiger partial charge in [0.1, 0.15) is 12.4 Å². The molecule has 0 saturated heterocycles. The molecule has 0 aliphatic carbocycles. The second kappa shape index (κ2) is 6.65. The molecule has 0 aliphatic heterocycles. The van der Waals surface area contributed by atoms with Gasteiger partial charge in [0.15, 0.2) is 0 Å². The van der Waals surface area contributed by atoms with Gasteiger partial charge in [-0.25, -0.2) is 0 Å². The Labute approximate surface area is 131 Å². The van der Waals surface area contributed by atoms with Crippen LogP contribution in [-0.2, 0) is 17.8 Å². The normalized spacial score (nSPS) is 10.5. The van der Waals surface area contributed by atoms with Gasteiger partial charge in [-0.3, -0.25) is 4.79 Å². The Kier molecular flexibility index (Phi) is 4.86. The minimum Gasteiger partial charge on any atom is -0.488 e. The number of aryl methyl sites for hydroxylation is 4. The van der Waals surface area contributed by atoms with E-state index in [9.17, 15) is 4.79 Å². The Morgan fingerprint density at radius 2 is 1.45 bits per heavy atom. The predicted molar refractivity (Wildman–Crippen MR) is 87.5 cm³/mol. The van der Waals surface area contributed by atoms with E-state index in [2.05, 4.69) is 32.0 Å². The van der Waals surface area contributed by atoms with Crippen molar-refractivity contribution in [3.63, 3.8) is 0 Å². The van der Waals surface area contributed by atoms with Crippen LogP contribution in [0.25, 0.3) is 0 Å². The van der Waals surface area contributed by atoms with Crippen LogP contribution < -0.4 is 4.74 Å². The van der Waals surface area contributed by atoms with Gasteiger partial charge >= 0.3 is 5.97 Å². The van der Waals surface area contributed by atoms with Crippen molar-refractivity contribution >= 4 is 5.97 Å². The number of hydrogen-bond donors (Lipinski definition) is 1. The second-order valence-electron chi connectivity index (χ2n) is 5.91. The smallest absolute Gasteiger partial charge is 0.307 e. The molecule has 0 heterocycles. The maximum Gasteiger partial charge on any atom is 0.307 e. The lowest BCUT2D eigenvalue weighted by molar-refractivity contribution is -0.136. The third-order valence-corrected chi connectivity index (χ3v) is 3.54. The van der Waals surface area contributed by atoms with E-state index in [-0.39, 0.29) is 6.42 Å². The van der Waals surface area contributed by atoms with E-state index in [0.29, 0.717) is 6.61 Å². The molecule has 0 aliphatic rings. The zero-order valence-electron chi connectivity index (χ0n) is 13.6. The number of rotatable bonds is 5. The Morgan fingerprint density at radius 1 is 0.909 bits per heavy atom. The lowest BCUT2D eigenvalue weighted by Gasteiger charge is -2.14. The lowest BCUT2D eigenvalue weighted by Crippen LogP contribution is -2.04. The van der Waals surface area contributed by atoms with Crippen LogP contribution in [0.2, 0.25) is 0 Å². The van der Waals surface area contributed by atoms with E-state index in [1.165, 1.54) is 11.1 Å². The molecule has 0 spiro atoms. The first-order chi connectivity index (χ1) is 10.3. The molecule has 3 heteroatoms. The second-order valence-corrected chi connectivity index (χ2v) is 5.91. The molecule has 0 saturated carbocycles. The average molecular weight is 298 g/mol. The van der Waals surface area contributed by atoms with E-state index >= 15 is 0 Å². The lowest BCUT2D eigenvalue weighted by atomic mass is 10.0. The van der Waals surface area contributed by atoms with Crippen molar-refractivity contribution in [3.05, 3.63) is 63.7 Å². The third kappa shape index (κ3) is 4.10. The van der Waals surface area contributed by atoms with Crippen molar-refractivity contribution < 1.29 is 14.6 Å². The van der Waals surface area contributed by atoms with Crippen LogP contribution >= 0.6 is 0 Å². The van der Waals surface area contributed by atoms with Crippen LogP contribution in [-0.4, -0.2) is 11.1 Å². The number of carbonyl (C=O) groups is 1. The summed E-state index contributed by atoms with van der Waals surface area (Å²) in [5, 5.41) is 8.89. The van der Waals surface area contributed by atoms with Crippen LogP contribution in [0.15, 0.2) is 30.3 Å². The summed E-state index contributed by atoms with van der Waals surface area (Å²) in [5.41, 5.74) is 6.35. The number of hydrogen-bond acceptors (Lipinski definition) is 2. The standard InChI is InChI=1S/C19H22O3/c1-12-5-13(2)7-17(6-12)11-22-19-14(3)8-16(9-15(19)4)10-18(20)21/h5-9H,10-11H2,1-4H3,(H,20,21). The molecule has 2 aromatic carbocycles. The molecule has 2 aromatic rings. The first-order valence-electron chi connectivity index (χ1n) is 7.37. The van der Waals surface area contributed by atoms with E-state index in [0.717, 1.165) is 28.0 Å². The first-order valence-corrected chi connectivity index (χ1v) is 7.37. The molecule has 0 radical (unpaired) electrons. The van der Waals surface area contributed by atoms with Gasteiger partial charge in [-0.2, -0.15) is 0 Å². The van der Waals surface area contributed by atoms with Crippen LogP contribution in [0.5, 0.6) is 5.75 Å². The number of aliphatic carboxylic acids is 1. The molecule has 116 valence electrons. The average Bonchev–Trinajstić information content (AvgIpc) is 2.35. The highest BCUT2D eigenvalue weighted by Crippen LogP contribution is 2.26. The largest absolute Gasteiger partial charge is 0.488 e. The number of carboxylic acids is 1. The summed E-state index contributed by atoms with van der Waals surface area (Å²) >= 11 is 0. The van der Waals surface area contributed by atoms with Crippen molar-refractivity contribution in [1.82, 2.24) is 0 Å².